The van der Waals surface area contributed by atoms with Gasteiger partial charge in [-0.1, -0.05) is 0 Å². The topological polar surface area (TPSA) is 94.8 Å². The lowest BCUT2D eigenvalue weighted by molar-refractivity contribution is -0.118. The van der Waals surface area contributed by atoms with E-state index in [0.717, 1.165) is 10.3 Å². The maximum absolute atomic E-state index is 12.5. The minimum absolute atomic E-state index is 0.0774. The van der Waals surface area contributed by atoms with Gasteiger partial charge in [0.2, 0.25) is 17.5 Å². The number of esters is 1. The Morgan fingerprint density at radius 1 is 1.17 bits per heavy atom. The fourth-order valence-corrected chi connectivity index (χ4v) is 3.87. The van der Waals surface area contributed by atoms with E-state index in [4.69, 9.17) is 13.9 Å². The number of ether oxygens (including phenoxy) is 2. The third-order valence-corrected chi connectivity index (χ3v) is 5.61. The molecule has 158 valence electrons. The Morgan fingerprint density at radius 2 is 1.97 bits per heavy atom. The van der Waals surface area contributed by atoms with E-state index in [2.05, 4.69) is 5.32 Å². The van der Waals surface area contributed by atoms with E-state index in [-0.39, 0.29) is 24.1 Å². The number of rotatable bonds is 9. The Bertz CT molecular complexity index is 1080. The lowest BCUT2D eigenvalue weighted by Gasteiger charge is -2.02. The van der Waals surface area contributed by atoms with Crippen LogP contribution < -0.4 is 10.1 Å². The molecule has 1 amide bonds. The highest BCUT2D eigenvalue weighted by atomic mass is 32.1. The third-order valence-electron chi connectivity index (χ3n) is 4.42. The molecular weight excluding hydrogens is 406 g/mol. The Balaban J connectivity index is 1.61. The molecule has 30 heavy (non-hydrogen) atoms. The SMILES string of the molecule is CCOc1ccc2oc(C(=O)OCC(=O)c3ccc(CCNC(C)=O)s3)c(C)c2c1. The zero-order valence-electron chi connectivity index (χ0n) is 17.1. The Kier molecular flexibility index (Phi) is 6.89. The number of ketones is 1. The molecular formula is C22H23NO6S. The number of hydrogen-bond donors (Lipinski definition) is 1. The van der Waals surface area contributed by atoms with Gasteiger partial charge in [0, 0.05) is 29.3 Å². The zero-order valence-corrected chi connectivity index (χ0v) is 17.9. The lowest BCUT2D eigenvalue weighted by Crippen LogP contribution is -2.22. The van der Waals surface area contributed by atoms with Gasteiger partial charge in [-0.25, -0.2) is 4.79 Å². The normalized spacial score (nSPS) is 10.8. The number of aryl methyl sites for hydroxylation is 1. The fourth-order valence-electron chi connectivity index (χ4n) is 2.94. The van der Waals surface area contributed by atoms with Gasteiger partial charge in [0.1, 0.15) is 11.3 Å². The van der Waals surface area contributed by atoms with Crippen LogP contribution in [0.5, 0.6) is 5.75 Å². The summed E-state index contributed by atoms with van der Waals surface area (Å²) in [6.07, 6.45) is 0.638. The van der Waals surface area contributed by atoms with Crippen LogP contribution in [0.3, 0.4) is 0 Å². The van der Waals surface area contributed by atoms with Crippen molar-refractivity contribution in [3.8, 4) is 5.75 Å². The van der Waals surface area contributed by atoms with Gasteiger partial charge in [-0.2, -0.15) is 0 Å². The minimum Gasteiger partial charge on any atom is -0.494 e. The first-order valence-electron chi connectivity index (χ1n) is 9.58. The minimum atomic E-state index is -0.683. The van der Waals surface area contributed by atoms with E-state index in [1.165, 1.54) is 18.3 Å². The van der Waals surface area contributed by atoms with Crippen molar-refractivity contribution in [1.29, 1.82) is 0 Å². The zero-order chi connectivity index (χ0) is 21.7. The van der Waals surface area contributed by atoms with Crippen LogP contribution in [0, 0.1) is 6.92 Å². The predicted molar refractivity (Wildman–Crippen MR) is 113 cm³/mol. The van der Waals surface area contributed by atoms with Crippen LogP contribution in [0.25, 0.3) is 11.0 Å². The first-order valence-corrected chi connectivity index (χ1v) is 10.4. The molecule has 0 aliphatic heterocycles. The molecule has 0 spiro atoms. The van der Waals surface area contributed by atoms with Gasteiger partial charge >= 0.3 is 5.97 Å². The van der Waals surface area contributed by atoms with Gasteiger partial charge < -0.3 is 19.2 Å². The molecule has 1 aromatic carbocycles. The summed E-state index contributed by atoms with van der Waals surface area (Å²) in [5, 5.41) is 3.48. The second kappa shape index (κ2) is 9.58. The van der Waals surface area contributed by atoms with Crippen LogP contribution in [-0.4, -0.2) is 37.4 Å². The van der Waals surface area contributed by atoms with Gasteiger partial charge in [0.25, 0.3) is 0 Å². The maximum Gasteiger partial charge on any atom is 0.375 e. The van der Waals surface area contributed by atoms with Gasteiger partial charge in [-0.15, -0.1) is 11.3 Å². The number of fused-ring (bicyclic) bond motifs is 1. The van der Waals surface area contributed by atoms with E-state index in [9.17, 15) is 14.4 Å². The lowest BCUT2D eigenvalue weighted by atomic mass is 10.1. The molecule has 2 heterocycles. The summed E-state index contributed by atoms with van der Waals surface area (Å²) in [6, 6.07) is 8.86. The van der Waals surface area contributed by atoms with E-state index >= 15 is 0 Å². The Hall–Kier alpha value is -3.13. The van der Waals surface area contributed by atoms with Crippen molar-refractivity contribution in [2.75, 3.05) is 19.8 Å². The van der Waals surface area contributed by atoms with Crippen LogP contribution in [0.15, 0.2) is 34.7 Å². The van der Waals surface area contributed by atoms with Crippen LogP contribution in [0.1, 0.15) is 44.5 Å². The number of hydrogen-bond acceptors (Lipinski definition) is 7. The van der Waals surface area contributed by atoms with Crippen molar-refractivity contribution < 1.29 is 28.3 Å². The summed E-state index contributed by atoms with van der Waals surface area (Å²) in [5.74, 6) is -0.293. The number of furan rings is 1. The van der Waals surface area contributed by atoms with E-state index in [1.807, 2.05) is 19.1 Å². The maximum atomic E-state index is 12.5. The summed E-state index contributed by atoms with van der Waals surface area (Å²) in [5.41, 5.74) is 1.19. The smallest absolute Gasteiger partial charge is 0.375 e. The van der Waals surface area contributed by atoms with Crippen LogP contribution in [0.2, 0.25) is 0 Å². The van der Waals surface area contributed by atoms with E-state index < -0.39 is 5.97 Å². The second-order valence-electron chi connectivity index (χ2n) is 6.65. The second-order valence-corrected chi connectivity index (χ2v) is 7.81. The number of Topliss-reactive ketones (excluding diaryl/α,β-unsaturated/α-hetero) is 1. The number of nitrogens with one attached hydrogen (secondary N) is 1. The van der Waals surface area contributed by atoms with Crippen molar-refractivity contribution in [1.82, 2.24) is 5.32 Å². The van der Waals surface area contributed by atoms with Crippen molar-refractivity contribution in [2.24, 2.45) is 0 Å². The highest BCUT2D eigenvalue weighted by Gasteiger charge is 2.21. The molecule has 0 aliphatic carbocycles. The predicted octanol–water partition coefficient (Wildman–Crippen LogP) is 3.92. The molecule has 0 bridgehead atoms. The summed E-state index contributed by atoms with van der Waals surface area (Å²) >= 11 is 1.32. The van der Waals surface area contributed by atoms with Crippen molar-refractivity contribution >= 4 is 40.0 Å². The van der Waals surface area contributed by atoms with Gasteiger partial charge in [-0.3, -0.25) is 9.59 Å². The average molecular weight is 429 g/mol. The fraction of sp³-hybridized carbons (Fsp3) is 0.318. The van der Waals surface area contributed by atoms with E-state index in [1.54, 1.807) is 25.1 Å². The number of thiophene rings is 1. The van der Waals surface area contributed by atoms with Crippen molar-refractivity contribution in [3.05, 3.63) is 51.4 Å². The summed E-state index contributed by atoms with van der Waals surface area (Å²) in [4.78, 5) is 37.2. The Labute approximate surface area is 178 Å². The number of carbonyl (C=O) groups excluding carboxylic acids is 3. The quantitative estimate of drug-likeness (QED) is 0.409. The number of benzene rings is 1. The first kappa shape index (κ1) is 21.6. The van der Waals surface area contributed by atoms with Gasteiger partial charge in [0.05, 0.1) is 11.5 Å². The van der Waals surface area contributed by atoms with Gasteiger partial charge in [-0.05, 0) is 50.6 Å². The van der Waals surface area contributed by atoms with E-state index in [0.29, 0.717) is 41.3 Å². The largest absolute Gasteiger partial charge is 0.494 e. The molecule has 0 fully saturated rings. The molecule has 7 nitrogen and oxygen atoms in total. The third kappa shape index (κ3) is 5.07. The van der Waals surface area contributed by atoms with Crippen LogP contribution in [0.4, 0.5) is 0 Å². The van der Waals surface area contributed by atoms with Crippen molar-refractivity contribution in [3.63, 3.8) is 0 Å². The molecule has 0 aliphatic rings. The number of amides is 1. The Morgan fingerprint density at radius 3 is 2.70 bits per heavy atom. The average Bonchev–Trinajstić information content (AvgIpc) is 3.31. The molecule has 3 aromatic rings. The van der Waals surface area contributed by atoms with Gasteiger partial charge in [0.15, 0.2) is 6.61 Å². The molecule has 8 heteroatoms. The molecule has 1 N–H and O–H groups in total. The standard InChI is InChI=1S/C22H23NO6S/c1-4-27-15-5-7-19-17(11-15)13(2)21(29-19)22(26)28-12-18(25)20-8-6-16(30-20)9-10-23-14(3)24/h5-8,11H,4,9-10,12H2,1-3H3,(H,23,24). The summed E-state index contributed by atoms with van der Waals surface area (Å²) < 4.78 is 16.3. The first-order chi connectivity index (χ1) is 14.4. The van der Waals surface area contributed by atoms with Crippen LogP contribution >= 0.6 is 11.3 Å². The van der Waals surface area contributed by atoms with Crippen LogP contribution in [-0.2, 0) is 16.0 Å². The molecule has 0 saturated heterocycles. The molecule has 0 atom stereocenters. The molecule has 2 aromatic heterocycles. The highest BCUT2D eigenvalue weighted by molar-refractivity contribution is 7.14. The molecule has 0 unspecified atom stereocenters. The van der Waals surface area contributed by atoms with Crippen molar-refractivity contribution in [2.45, 2.75) is 27.2 Å². The molecule has 0 saturated carbocycles. The number of carbonyl (C=O) groups is 3. The molecule has 0 radical (unpaired) electrons. The molecule has 3 rings (SSSR count). The summed E-state index contributed by atoms with van der Waals surface area (Å²) in [6.45, 7) is 5.79. The highest BCUT2D eigenvalue weighted by Crippen LogP contribution is 2.29. The monoisotopic (exact) mass is 429 g/mol. The summed E-state index contributed by atoms with van der Waals surface area (Å²) in [7, 11) is 0.